The Morgan fingerprint density at radius 1 is 1.21 bits per heavy atom. The lowest BCUT2D eigenvalue weighted by Gasteiger charge is -2.13. The van der Waals surface area contributed by atoms with Gasteiger partial charge in [0.2, 0.25) is 11.8 Å². The molecule has 9 nitrogen and oxygen atoms in total. The van der Waals surface area contributed by atoms with E-state index in [1.54, 1.807) is 58.2 Å². The van der Waals surface area contributed by atoms with E-state index in [0.717, 1.165) is 0 Å². The molecule has 3 aromatic rings. The lowest BCUT2D eigenvalue weighted by atomic mass is 10.2. The molecular weight excluding hydrogens is 376 g/mol. The van der Waals surface area contributed by atoms with Crippen LogP contribution in [0.15, 0.2) is 48.9 Å². The van der Waals surface area contributed by atoms with E-state index in [2.05, 4.69) is 4.98 Å². The molecule has 1 aliphatic rings. The Hall–Kier alpha value is -3.75. The molecule has 0 spiro atoms. The summed E-state index contributed by atoms with van der Waals surface area (Å²) in [6.07, 6.45) is 3.67. The van der Waals surface area contributed by atoms with Crippen molar-refractivity contribution in [2.24, 2.45) is 5.73 Å². The average molecular weight is 396 g/mol. The fourth-order valence-electron chi connectivity index (χ4n) is 3.02. The largest absolute Gasteiger partial charge is 0.494 e. The fourth-order valence-corrected chi connectivity index (χ4v) is 3.02. The Kier molecular flexibility index (Phi) is 5.19. The third-order valence-electron chi connectivity index (χ3n) is 4.50. The number of aromatic nitrogens is 2. The Bertz CT molecular complexity index is 1030. The van der Waals surface area contributed by atoms with Gasteiger partial charge in [0.05, 0.1) is 24.9 Å². The van der Waals surface area contributed by atoms with E-state index in [1.165, 1.54) is 0 Å². The number of pyridine rings is 1. The highest BCUT2D eigenvalue weighted by Gasteiger charge is 2.20. The van der Waals surface area contributed by atoms with Crippen molar-refractivity contribution in [3.8, 4) is 17.4 Å². The van der Waals surface area contributed by atoms with Crippen molar-refractivity contribution in [1.82, 2.24) is 14.3 Å². The van der Waals surface area contributed by atoms with Crippen LogP contribution in [-0.2, 0) is 4.74 Å². The summed E-state index contributed by atoms with van der Waals surface area (Å²) in [5.41, 5.74) is 6.44. The lowest BCUT2D eigenvalue weighted by molar-refractivity contribution is 0.1000. The molecule has 150 valence electrons. The van der Waals surface area contributed by atoms with E-state index in [4.69, 9.17) is 19.9 Å². The average Bonchev–Trinajstić information content (AvgIpc) is 3.35. The van der Waals surface area contributed by atoms with Crippen molar-refractivity contribution in [1.29, 1.82) is 0 Å². The van der Waals surface area contributed by atoms with Gasteiger partial charge in [-0.2, -0.15) is 0 Å². The number of benzene rings is 1. The van der Waals surface area contributed by atoms with E-state index in [1.807, 2.05) is 0 Å². The van der Waals surface area contributed by atoms with Crippen molar-refractivity contribution >= 4 is 17.5 Å². The van der Waals surface area contributed by atoms with Gasteiger partial charge in [0.15, 0.2) is 0 Å². The molecule has 2 N–H and O–H groups in total. The van der Waals surface area contributed by atoms with Gasteiger partial charge in [-0.3, -0.25) is 9.20 Å². The molecule has 2 aromatic heterocycles. The van der Waals surface area contributed by atoms with Gasteiger partial charge in [0, 0.05) is 18.2 Å². The Labute approximate surface area is 166 Å². The summed E-state index contributed by atoms with van der Waals surface area (Å²) in [6, 6.07) is 10.4. The minimum Gasteiger partial charge on any atom is -0.494 e. The fraction of sp³-hybridized carbons (Fsp3) is 0.250. The summed E-state index contributed by atoms with van der Waals surface area (Å²) in [4.78, 5) is 28.6. The maximum absolute atomic E-state index is 11.5. The second-order valence-corrected chi connectivity index (χ2v) is 6.51. The van der Waals surface area contributed by atoms with E-state index in [9.17, 15) is 9.59 Å². The number of cyclic esters (lactones) is 1. The first-order valence-electron chi connectivity index (χ1n) is 9.18. The van der Waals surface area contributed by atoms with Crippen LogP contribution in [-0.4, -0.2) is 52.6 Å². The second-order valence-electron chi connectivity index (χ2n) is 6.51. The van der Waals surface area contributed by atoms with Gasteiger partial charge in [-0.25, -0.2) is 9.78 Å². The maximum atomic E-state index is 11.5. The summed E-state index contributed by atoms with van der Waals surface area (Å²) in [7, 11) is 0. The summed E-state index contributed by atoms with van der Waals surface area (Å²) < 4.78 is 18.2. The lowest BCUT2D eigenvalue weighted by Crippen LogP contribution is -2.26. The van der Waals surface area contributed by atoms with E-state index in [-0.39, 0.29) is 6.09 Å². The van der Waals surface area contributed by atoms with E-state index >= 15 is 0 Å². The molecule has 29 heavy (non-hydrogen) atoms. The molecule has 0 atom stereocenters. The minimum absolute atomic E-state index is 0.265. The molecule has 4 rings (SSSR count). The van der Waals surface area contributed by atoms with Crippen molar-refractivity contribution in [2.75, 3.05) is 26.3 Å². The van der Waals surface area contributed by atoms with Gasteiger partial charge in [-0.1, -0.05) is 0 Å². The molecular formula is C20H20N4O5. The van der Waals surface area contributed by atoms with E-state index in [0.29, 0.717) is 61.2 Å². The molecule has 1 fully saturated rings. The van der Waals surface area contributed by atoms with Crippen LogP contribution in [0.1, 0.15) is 16.8 Å². The number of primary amides is 1. The number of nitrogens with zero attached hydrogens (tertiary/aromatic N) is 3. The van der Waals surface area contributed by atoms with Crippen molar-refractivity contribution in [3.63, 3.8) is 0 Å². The number of imidazole rings is 1. The molecule has 0 aliphatic carbocycles. The molecule has 3 heterocycles. The maximum Gasteiger partial charge on any atom is 0.409 e. The normalized spacial score (nSPS) is 13.5. The van der Waals surface area contributed by atoms with Gasteiger partial charge >= 0.3 is 6.09 Å². The van der Waals surface area contributed by atoms with Crippen LogP contribution >= 0.6 is 0 Å². The highest BCUT2D eigenvalue weighted by molar-refractivity contribution is 5.94. The van der Waals surface area contributed by atoms with Crippen molar-refractivity contribution in [3.05, 3.63) is 54.5 Å². The topological polar surface area (TPSA) is 108 Å². The minimum atomic E-state index is -0.538. The third-order valence-corrected chi connectivity index (χ3v) is 4.50. The number of carbonyl (C=O) groups is 2. The SMILES string of the molecule is NC(=O)c1cc(Oc2ccc(OCCCN3CCOC3=O)cc2)n2cncc2c1. The van der Waals surface area contributed by atoms with Crippen LogP contribution in [0.3, 0.4) is 0 Å². The Morgan fingerprint density at radius 2 is 2.00 bits per heavy atom. The first-order chi connectivity index (χ1) is 14.1. The predicted octanol–water partition coefficient (Wildman–Crippen LogP) is 2.45. The highest BCUT2D eigenvalue weighted by atomic mass is 16.6. The molecule has 0 bridgehead atoms. The van der Waals surface area contributed by atoms with Gasteiger partial charge in [-0.05, 0) is 36.8 Å². The number of nitrogens with two attached hydrogens (primary N) is 1. The van der Waals surface area contributed by atoms with Crippen LogP contribution < -0.4 is 15.2 Å². The number of hydrogen-bond donors (Lipinski definition) is 1. The zero-order valence-electron chi connectivity index (χ0n) is 15.6. The van der Waals surface area contributed by atoms with Crippen LogP contribution in [0, 0.1) is 0 Å². The summed E-state index contributed by atoms with van der Waals surface area (Å²) in [5, 5.41) is 0. The Balaban J connectivity index is 1.36. The standard InChI is InChI=1S/C20H20N4O5/c21-19(25)14-10-15-12-22-13-24(15)18(11-14)29-17-4-2-16(3-5-17)27-8-1-6-23-7-9-28-20(23)26/h2-5,10-13H,1,6-9H2,(H2,21,25). The van der Waals surface area contributed by atoms with Gasteiger partial charge in [-0.15, -0.1) is 0 Å². The molecule has 0 saturated carbocycles. The van der Waals surface area contributed by atoms with Crippen LogP contribution in [0.25, 0.3) is 5.52 Å². The number of carbonyl (C=O) groups excluding carboxylic acids is 2. The van der Waals surface area contributed by atoms with Gasteiger partial charge in [0.25, 0.3) is 0 Å². The first-order valence-corrected chi connectivity index (χ1v) is 9.18. The molecule has 1 aromatic carbocycles. The number of ether oxygens (including phenoxy) is 3. The first kappa shape index (κ1) is 18.6. The number of rotatable bonds is 8. The number of fused-ring (bicyclic) bond motifs is 1. The summed E-state index contributed by atoms with van der Waals surface area (Å²) in [5.74, 6) is 1.17. The zero-order chi connectivity index (χ0) is 20.2. The predicted molar refractivity (Wildman–Crippen MR) is 103 cm³/mol. The molecule has 1 saturated heterocycles. The van der Waals surface area contributed by atoms with Crippen LogP contribution in [0.5, 0.6) is 17.4 Å². The molecule has 2 amide bonds. The second kappa shape index (κ2) is 8.09. The van der Waals surface area contributed by atoms with Crippen LogP contribution in [0.4, 0.5) is 4.79 Å². The third kappa shape index (κ3) is 4.23. The zero-order valence-corrected chi connectivity index (χ0v) is 15.6. The molecule has 0 unspecified atom stereocenters. The summed E-state index contributed by atoms with van der Waals surface area (Å²) >= 11 is 0. The van der Waals surface area contributed by atoms with E-state index < -0.39 is 5.91 Å². The Morgan fingerprint density at radius 3 is 2.72 bits per heavy atom. The molecule has 9 heteroatoms. The monoisotopic (exact) mass is 396 g/mol. The quantitative estimate of drug-likeness (QED) is 0.586. The van der Waals surface area contributed by atoms with Crippen LogP contribution in [0.2, 0.25) is 0 Å². The molecule has 0 radical (unpaired) electrons. The van der Waals surface area contributed by atoms with Crippen molar-refractivity contribution in [2.45, 2.75) is 6.42 Å². The van der Waals surface area contributed by atoms with Gasteiger partial charge < -0.3 is 24.8 Å². The summed E-state index contributed by atoms with van der Waals surface area (Å²) in [6.45, 7) is 2.18. The highest BCUT2D eigenvalue weighted by Crippen LogP contribution is 2.26. The van der Waals surface area contributed by atoms with Gasteiger partial charge in [0.1, 0.15) is 24.4 Å². The molecule has 1 aliphatic heterocycles. The smallest absolute Gasteiger partial charge is 0.409 e. The number of amides is 2. The number of hydrogen-bond acceptors (Lipinski definition) is 6. The van der Waals surface area contributed by atoms with Crippen molar-refractivity contribution < 1.29 is 23.8 Å².